The van der Waals surface area contributed by atoms with Crippen molar-refractivity contribution in [1.29, 1.82) is 0 Å². The standard InChI is InChI=1S/C25H32N4O3/c1-17(2)27-24(31)19-6-4-8-21(14-19)26-16-23(30)28-22-9-5-7-20(15-22)25(32)29-12-10-18(3)11-13-29/h4-9,14-15,17-18,26H,10-13,16H2,1-3H3,(H,27,31)(H,28,30). The van der Waals surface area contributed by atoms with Crippen LogP contribution >= 0.6 is 0 Å². The molecule has 1 aliphatic rings. The van der Waals surface area contributed by atoms with Gasteiger partial charge in [0.2, 0.25) is 5.91 Å². The minimum Gasteiger partial charge on any atom is -0.376 e. The largest absolute Gasteiger partial charge is 0.376 e. The third kappa shape index (κ3) is 6.57. The maximum atomic E-state index is 12.8. The van der Waals surface area contributed by atoms with E-state index in [1.165, 1.54) is 0 Å². The molecule has 0 unspecified atom stereocenters. The van der Waals surface area contributed by atoms with Crippen LogP contribution in [0.15, 0.2) is 48.5 Å². The molecule has 1 saturated heterocycles. The first kappa shape index (κ1) is 23.3. The van der Waals surface area contributed by atoms with Gasteiger partial charge in [-0.2, -0.15) is 0 Å². The average molecular weight is 437 g/mol. The lowest BCUT2D eigenvalue weighted by atomic mass is 9.98. The van der Waals surface area contributed by atoms with E-state index >= 15 is 0 Å². The Balaban J connectivity index is 1.55. The number of anilines is 2. The van der Waals surface area contributed by atoms with Gasteiger partial charge >= 0.3 is 0 Å². The second-order valence-corrected chi connectivity index (χ2v) is 8.67. The van der Waals surface area contributed by atoms with Gasteiger partial charge in [0.1, 0.15) is 0 Å². The molecule has 7 nitrogen and oxygen atoms in total. The predicted molar refractivity (Wildman–Crippen MR) is 127 cm³/mol. The zero-order valence-electron chi connectivity index (χ0n) is 19.0. The topological polar surface area (TPSA) is 90.5 Å². The van der Waals surface area contributed by atoms with E-state index < -0.39 is 0 Å². The zero-order valence-corrected chi connectivity index (χ0v) is 19.0. The number of benzene rings is 2. The van der Waals surface area contributed by atoms with Crippen LogP contribution in [-0.4, -0.2) is 48.3 Å². The number of piperidine rings is 1. The third-order valence-electron chi connectivity index (χ3n) is 5.46. The van der Waals surface area contributed by atoms with E-state index in [0.29, 0.717) is 28.4 Å². The molecule has 3 N–H and O–H groups in total. The lowest BCUT2D eigenvalue weighted by molar-refractivity contribution is -0.114. The third-order valence-corrected chi connectivity index (χ3v) is 5.46. The van der Waals surface area contributed by atoms with Crippen LogP contribution < -0.4 is 16.0 Å². The number of nitrogens with one attached hydrogen (secondary N) is 3. The summed E-state index contributed by atoms with van der Waals surface area (Å²) in [6, 6.07) is 14.1. The molecule has 1 heterocycles. The van der Waals surface area contributed by atoms with Crippen LogP contribution in [0.3, 0.4) is 0 Å². The van der Waals surface area contributed by atoms with Crippen LogP contribution in [-0.2, 0) is 4.79 Å². The molecular weight excluding hydrogens is 404 g/mol. The Kier molecular flexibility index (Phi) is 7.87. The minimum atomic E-state index is -0.238. The highest BCUT2D eigenvalue weighted by atomic mass is 16.2. The van der Waals surface area contributed by atoms with Gasteiger partial charge in [-0.1, -0.05) is 19.1 Å². The second kappa shape index (κ2) is 10.8. The van der Waals surface area contributed by atoms with Gasteiger partial charge in [-0.15, -0.1) is 0 Å². The van der Waals surface area contributed by atoms with Gasteiger partial charge in [0.25, 0.3) is 11.8 Å². The maximum Gasteiger partial charge on any atom is 0.253 e. The van der Waals surface area contributed by atoms with Crippen molar-refractivity contribution >= 4 is 29.1 Å². The molecule has 0 saturated carbocycles. The summed E-state index contributed by atoms with van der Waals surface area (Å²) in [6.07, 6.45) is 2.04. The quantitative estimate of drug-likeness (QED) is 0.617. The fourth-order valence-corrected chi connectivity index (χ4v) is 3.63. The fourth-order valence-electron chi connectivity index (χ4n) is 3.63. The van der Waals surface area contributed by atoms with Gasteiger partial charge in [0, 0.05) is 41.6 Å². The number of carbonyl (C=O) groups excluding carboxylic acids is 3. The summed E-state index contributed by atoms with van der Waals surface area (Å²) in [5.41, 5.74) is 2.37. The zero-order chi connectivity index (χ0) is 23.1. The fraction of sp³-hybridized carbons (Fsp3) is 0.400. The van der Waals surface area contributed by atoms with E-state index in [0.717, 1.165) is 25.9 Å². The summed E-state index contributed by atoms with van der Waals surface area (Å²) >= 11 is 0. The molecule has 0 spiro atoms. The highest BCUT2D eigenvalue weighted by molar-refractivity contribution is 5.98. The van der Waals surface area contributed by atoms with Crippen molar-refractivity contribution in [2.75, 3.05) is 30.3 Å². The average Bonchev–Trinajstić information content (AvgIpc) is 2.78. The molecule has 2 aromatic rings. The van der Waals surface area contributed by atoms with Crippen molar-refractivity contribution in [3.8, 4) is 0 Å². The molecule has 7 heteroatoms. The van der Waals surface area contributed by atoms with E-state index in [1.54, 1.807) is 48.5 Å². The smallest absolute Gasteiger partial charge is 0.253 e. The number of amides is 3. The highest BCUT2D eigenvalue weighted by Crippen LogP contribution is 2.20. The van der Waals surface area contributed by atoms with Crippen molar-refractivity contribution in [3.63, 3.8) is 0 Å². The van der Waals surface area contributed by atoms with E-state index in [2.05, 4.69) is 22.9 Å². The number of rotatable bonds is 7. The van der Waals surface area contributed by atoms with Crippen molar-refractivity contribution < 1.29 is 14.4 Å². The lowest BCUT2D eigenvalue weighted by Crippen LogP contribution is -2.37. The molecule has 1 fully saturated rings. The van der Waals surface area contributed by atoms with Crippen LogP contribution in [0.5, 0.6) is 0 Å². The monoisotopic (exact) mass is 436 g/mol. The van der Waals surface area contributed by atoms with Gasteiger partial charge in [-0.25, -0.2) is 0 Å². The number of likely N-dealkylation sites (tertiary alicyclic amines) is 1. The first-order chi connectivity index (χ1) is 15.3. The van der Waals surface area contributed by atoms with Gasteiger partial charge < -0.3 is 20.9 Å². The number of nitrogens with zero attached hydrogens (tertiary/aromatic N) is 1. The lowest BCUT2D eigenvalue weighted by Gasteiger charge is -2.30. The summed E-state index contributed by atoms with van der Waals surface area (Å²) in [5, 5.41) is 8.72. The minimum absolute atomic E-state index is 0.00242. The van der Waals surface area contributed by atoms with Crippen molar-refractivity contribution in [3.05, 3.63) is 59.7 Å². The van der Waals surface area contributed by atoms with Crippen LogP contribution in [0.1, 0.15) is 54.3 Å². The molecule has 170 valence electrons. The predicted octanol–water partition coefficient (Wildman–Crippen LogP) is 3.75. The molecule has 0 aromatic heterocycles. The summed E-state index contributed by atoms with van der Waals surface area (Å²) in [5.74, 6) is 0.265. The molecule has 3 amide bonds. The Morgan fingerprint density at radius 1 is 0.969 bits per heavy atom. The van der Waals surface area contributed by atoms with Crippen LogP contribution in [0.4, 0.5) is 11.4 Å². The van der Waals surface area contributed by atoms with Crippen molar-refractivity contribution in [2.45, 2.75) is 39.7 Å². The SMILES string of the molecule is CC1CCN(C(=O)c2cccc(NC(=O)CNc3cccc(C(=O)NC(C)C)c3)c2)CC1. The van der Waals surface area contributed by atoms with Gasteiger partial charge in [0.05, 0.1) is 6.54 Å². The summed E-state index contributed by atoms with van der Waals surface area (Å²) in [6.45, 7) is 7.60. The Bertz CT molecular complexity index is 965. The Morgan fingerprint density at radius 2 is 1.59 bits per heavy atom. The van der Waals surface area contributed by atoms with Crippen molar-refractivity contribution in [1.82, 2.24) is 10.2 Å². The summed E-state index contributed by atoms with van der Waals surface area (Å²) < 4.78 is 0. The number of hydrogen-bond acceptors (Lipinski definition) is 4. The Labute approximate surface area is 189 Å². The van der Waals surface area contributed by atoms with Crippen LogP contribution in [0.25, 0.3) is 0 Å². The Hall–Kier alpha value is -3.35. The molecule has 0 aliphatic carbocycles. The molecule has 3 rings (SSSR count). The van der Waals surface area contributed by atoms with E-state index in [4.69, 9.17) is 0 Å². The maximum absolute atomic E-state index is 12.8. The normalized spacial score (nSPS) is 14.2. The molecule has 0 atom stereocenters. The van der Waals surface area contributed by atoms with E-state index in [-0.39, 0.29) is 30.3 Å². The molecule has 0 radical (unpaired) electrons. The summed E-state index contributed by atoms with van der Waals surface area (Å²) in [7, 11) is 0. The first-order valence-corrected chi connectivity index (χ1v) is 11.2. The first-order valence-electron chi connectivity index (χ1n) is 11.2. The van der Waals surface area contributed by atoms with Crippen LogP contribution in [0.2, 0.25) is 0 Å². The Morgan fingerprint density at radius 3 is 2.28 bits per heavy atom. The van der Waals surface area contributed by atoms with E-state index in [9.17, 15) is 14.4 Å². The molecule has 0 bridgehead atoms. The highest BCUT2D eigenvalue weighted by Gasteiger charge is 2.21. The van der Waals surface area contributed by atoms with Gasteiger partial charge in [-0.3, -0.25) is 14.4 Å². The number of hydrogen-bond donors (Lipinski definition) is 3. The molecule has 1 aliphatic heterocycles. The molecule has 2 aromatic carbocycles. The molecule has 32 heavy (non-hydrogen) atoms. The molecular formula is C25H32N4O3. The van der Waals surface area contributed by atoms with Gasteiger partial charge in [-0.05, 0) is 69.0 Å². The van der Waals surface area contributed by atoms with Gasteiger partial charge in [0.15, 0.2) is 0 Å². The van der Waals surface area contributed by atoms with Crippen LogP contribution in [0, 0.1) is 5.92 Å². The summed E-state index contributed by atoms with van der Waals surface area (Å²) in [4.78, 5) is 39.2. The second-order valence-electron chi connectivity index (χ2n) is 8.67. The van der Waals surface area contributed by atoms with Crippen molar-refractivity contribution in [2.24, 2.45) is 5.92 Å². The number of carbonyl (C=O) groups is 3. The van der Waals surface area contributed by atoms with E-state index in [1.807, 2.05) is 18.7 Å².